The van der Waals surface area contributed by atoms with Gasteiger partial charge in [-0.05, 0) is 40.0 Å². The number of nitrogens with zero attached hydrogens (tertiary/aromatic N) is 1. The Balaban J connectivity index is 0.00000529. The van der Waals surface area contributed by atoms with E-state index in [-0.39, 0.29) is 36.1 Å². The van der Waals surface area contributed by atoms with E-state index in [1.54, 1.807) is 7.05 Å². The highest BCUT2D eigenvalue weighted by atomic mass is 127. The fourth-order valence-corrected chi connectivity index (χ4v) is 2.39. The van der Waals surface area contributed by atoms with Gasteiger partial charge in [-0.25, -0.2) is 4.79 Å². The van der Waals surface area contributed by atoms with Gasteiger partial charge in [0.15, 0.2) is 5.96 Å². The smallest absolute Gasteiger partial charge is 0.407 e. The monoisotopic (exact) mass is 452 g/mol. The summed E-state index contributed by atoms with van der Waals surface area (Å²) in [6.45, 7) is 8.30. The number of carbonyl (C=O) groups is 1. The standard InChI is InChI=1S/C17H32N4O2.HI/c1-6-9-14(21-16(22)23-17(2,3)4)12-19-15(18-5)20-13-10-7-8-11-13;/h7-8,13-14H,6,9-12H2,1-5H3,(H,21,22)(H2,18,19,20);1H. The van der Waals surface area contributed by atoms with E-state index in [9.17, 15) is 4.79 Å². The molecule has 0 aromatic rings. The molecule has 0 radical (unpaired) electrons. The number of nitrogens with one attached hydrogen (secondary N) is 3. The number of hydrogen-bond donors (Lipinski definition) is 3. The molecular weight excluding hydrogens is 419 g/mol. The second-order valence-electron chi connectivity index (χ2n) is 6.87. The zero-order valence-corrected chi connectivity index (χ0v) is 17.8. The molecule has 1 aliphatic rings. The Kier molecular flexibility index (Phi) is 11.1. The number of halogens is 1. The first-order valence-electron chi connectivity index (χ1n) is 8.45. The summed E-state index contributed by atoms with van der Waals surface area (Å²) >= 11 is 0. The van der Waals surface area contributed by atoms with Crippen LogP contribution in [0.4, 0.5) is 4.79 Å². The lowest BCUT2D eigenvalue weighted by Crippen LogP contribution is -2.49. The lowest BCUT2D eigenvalue weighted by molar-refractivity contribution is 0.0502. The van der Waals surface area contributed by atoms with Crippen molar-refractivity contribution in [3.05, 3.63) is 12.2 Å². The number of hydrogen-bond acceptors (Lipinski definition) is 3. The predicted molar refractivity (Wildman–Crippen MR) is 110 cm³/mol. The minimum absolute atomic E-state index is 0. The highest BCUT2D eigenvalue weighted by Crippen LogP contribution is 2.09. The molecule has 0 bridgehead atoms. The first kappa shape index (κ1) is 23.0. The maximum atomic E-state index is 11.9. The molecule has 24 heavy (non-hydrogen) atoms. The van der Waals surface area contributed by atoms with Crippen LogP contribution in [0.1, 0.15) is 53.4 Å². The van der Waals surface area contributed by atoms with Gasteiger partial charge in [-0.3, -0.25) is 4.99 Å². The van der Waals surface area contributed by atoms with Crippen molar-refractivity contribution >= 4 is 36.0 Å². The van der Waals surface area contributed by atoms with Crippen LogP contribution in [0.15, 0.2) is 17.1 Å². The van der Waals surface area contributed by atoms with Crippen LogP contribution >= 0.6 is 24.0 Å². The van der Waals surface area contributed by atoms with Crippen LogP contribution in [0, 0.1) is 0 Å². The highest BCUT2D eigenvalue weighted by molar-refractivity contribution is 14.0. The molecule has 1 unspecified atom stereocenters. The minimum Gasteiger partial charge on any atom is -0.444 e. The van der Waals surface area contributed by atoms with Crippen molar-refractivity contribution in [2.45, 2.75) is 71.1 Å². The molecule has 0 spiro atoms. The number of alkyl carbamates (subject to hydrolysis) is 1. The molecule has 0 aromatic heterocycles. The molecule has 7 heteroatoms. The van der Waals surface area contributed by atoms with E-state index in [0.717, 1.165) is 31.6 Å². The van der Waals surface area contributed by atoms with Crippen LogP contribution in [-0.2, 0) is 4.74 Å². The van der Waals surface area contributed by atoms with Crippen LogP contribution in [0.3, 0.4) is 0 Å². The maximum absolute atomic E-state index is 11.9. The van der Waals surface area contributed by atoms with Crippen LogP contribution in [0.5, 0.6) is 0 Å². The normalized spacial score (nSPS) is 16.3. The van der Waals surface area contributed by atoms with Crippen LogP contribution < -0.4 is 16.0 Å². The Morgan fingerprint density at radius 3 is 2.46 bits per heavy atom. The molecule has 3 N–H and O–H groups in total. The lowest BCUT2D eigenvalue weighted by atomic mass is 10.1. The van der Waals surface area contributed by atoms with Crippen LogP contribution in [0.2, 0.25) is 0 Å². The van der Waals surface area contributed by atoms with Gasteiger partial charge >= 0.3 is 6.09 Å². The number of rotatable bonds is 6. The van der Waals surface area contributed by atoms with Crippen LogP contribution in [-0.4, -0.2) is 43.3 Å². The van der Waals surface area contributed by atoms with Gasteiger partial charge in [0, 0.05) is 25.7 Å². The fraction of sp³-hybridized carbons (Fsp3) is 0.765. The van der Waals surface area contributed by atoms with Gasteiger partial charge in [0.05, 0.1) is 0 Å². The Morgan fingerprint density at radius 2 is 1.96 bits per heavy atom. The molecule has 0 saturated carbocycles. The van der Waals surface area contributed by atoms with Crippen molar-refractivity contribution in [2.24, 2.45) is 4.99 Å². The van der Waals surface area contributed by atoms with Gasteiger partial charge in [-0.15, -0.1) is 24.0 Å². The molecule has 1 rings (SSSR count). The number of carbonyl (C=O) groups excluding carboxylic acids is 1. The molecule has 0 fully saturated rings. The Hall–Kier alpha value is -0.990. The van der Waals surface area contributed by atoms with E-state index in [1.165, 1.54) is 0 Å². The zero-order chi connectivity index (χ0) is 17.3. The van der Waals surface area contributed by atoms with Crippen molar-refractivity contribution in [2.75, 3.05) is 13.6 Å². The van der Waals surface area contributed by atoms with E-state index in [4.69, 9.17) is 4.74 Å². The van der Waals surface area contributed by atoms with E-state index in [1.807, 2.05) is 20.8 Å². The summed E-state index contributed by atoms with van der Waals surface area (Å²) in [4.78, 5) is 16.2. The summed E-state index contributed by atoms with van der Waals surface area (Å²) in [7, 11) is 1.76. The second kappa shape index (κ2) is 11.5. The summed E-state index contributed by atoms with van der Waals surface area (Å²) in [6.07, 6.45) is 7.89. The van der Waals surface area contributed by atoms with Crippen molar-refractivity contribution in [3.8, 4) is 0 Å². The third-order valence-electron chi connectivity index (χ3n) is 3.45. The molecule has 0 heterocycles. The molecule has 0 aliphatic heterocycles. The van der Waals surface area contributed by atoms with E-state index >= 15 is 0 Å². The number of amides is 1. The number of aliphatic imine (C=N–C) groups is 1. The van der Waals surface area contributed by atoms with Crippen molar-refractivity contribution in [3.63, 3.8) is 0 Å². The largest absolute Gasteiger partial charge is 0.444 e. The van der Waals surface area contributed by atoms with Crippen LogP contribution in [0.25, 0.3) is 0 Å². The summed E-state index contributed by atoms with van der Waals surface area (Å²) in [5, 5.41) is 9.61. The molecule has 1 amide bonds. The lowest BCUT2D eigenvalue weighted by Gasteiger charge is -2.25. The Morgan fingerprint density at radius 1 is 1.33 bits per heavy atom. The third-order valence-corrected chi connectivity index (χ3v) is 3.45. The van der Waals surface area contributed by atoms with E-state index < -0.39 is 5.60 Å². The molecule has 0 saturated heterocycles. The Bertz CT molecular complexity index is 425. The summed E-state index contributed by atoms with van der Waals surface area (Å²) in [5.41, 5.74) is -0.485. The summed E-state index contributed by atoms with van der Waals surface area (Å²) in [5.74, 6) is 0.769. The number of ether oxygens (including phenoxy) is 1. The zero-order valence-electron chi connectivity index (χ0n) is 15.5. The quantitative estimate of drug-likeness (QED) is 0.251. The van der Waals surface area contributed by atoms with Gasteiger partial charge in [-0.2, -0.15) is 0 Å². The van der Waals surface area contributed by atoms with Crippen molar-refractivity contribution in [1.29, 1.82) is 0 Å². The highest BCUT2D eigenvalue weighted by Gasteiger charge is 2.19. The first-order valence-corrected chi connectivity index (χ1v) is 8.45. The molecule has 140 valence electrons. The summed E-state index contributed by atoms with van der Waals surface area (Å²) in [6, 6.07) is 0.416. The second-order valence-corrected chi connectivity index (χ2v) is 6.87. The average molecular weight is 452 g/mol. The average Bonchev–Trinajstić information content (AvgIpc) is 2.94. The predicted octanol–water partition coefficient (Wildman–Crippen LogP) is 3.18. The topological polar surface area (TPSA) is 74.8 Å². The van der Waals surface area contributed by atoms with Gasteiger partial charge in [-0.1, -0.05) is 25.5 Å². The summed E-state index contributed by atoms with van der Waals surface area (Å²) < 4.78 is 5.32. The van der Waals surface area contributed by atoms with Crippen molar-refractivity contribution < 1.29 is 9.53 Å². The molecule has 6 nitrogen and oxygen atoms in total. The molecule has 1 aliphatic carbocycles. The maximum Gasteiger partial charge on any atom is 0.407 e. The first-order chi connectivity index (χ1) is 10.8. The SMILES string of the molecule is CCCC(CNC(=NC)NC1CC=CC1)NC(=O)OC(C)(C)C.I. The molecule has 0 aromatic carbocycles. The van der Waals surface area contributed by atoms with E-state index in [2.05, 4.69) is 40.0 Å². The molecular formula is C17H33IN4O2. The van der Waals surface area contributed by atoms with E-state index in [0.29, 0.717) is 12.6 Å². The Labute approximate surface area is 163 Å². The molecule has 1 atom stereocenters. The third kappa shape index (κ3) is 10.00. The minimum atomic E-state index is -0.485. The van der Waals surface area contributed by atoms with Gasteiger partial charge in [0.1, 0.15) is 5.60 Å². The van der Waals surface area contributed by atoms with Gasteiger partial charge < -0.3 is 20.7 Å². The fourth-order valence-electron chi connectivity index (χ4n) is 2.39. The van der Waals surface area contributed by atoms with Gasteiger partial charge in [0.25, 0.3) is 0 Å². The van der Waals surface area contributed by atoms with Gasteiger partial charge in [0.2, 0.25) is 0 Å². The number of guanidine groups is 1. The van der Waals surface area contributed by atoms with Crippen molar-refractivity contribution in [1.82, 2.24) is 16.0 Å².